The smallest absolute Gasteiger partial charge is 0.270 e. The Bertz CT molecular complexity index is 1380. The molecule has 1 saturated heterocycles. The van der Waals surface area contributed by atoms with Crippen molar-refractivity contribution in [2.45, 2.75) is 6.61 Å². The molecule has 1 heterocycles. The molecule has 1 aliphatic rings. The highest BCUT2D eigenvalue weighted by atomic mass is 127. The quantitative estimate of drug-likeness (QED) is 0.204. The average Bonchev–Trinajstić information content (AvgIpc) is 2.82. The minimum atomic E-state index is -0.614. The van der Waals surface area contributed by atoms with Gasteiger partial charge in [-0.15, -0.1) is 0 Å². The Balaban J connectivity index is 1.56. The molecule has 0 radical (unpaired) electrons. The summed E-state index contributed by atoms with van der Waals surface area (Å²) in [5.41, 5.74) is 2.17. The SMILES string of the molecule is N#Cc1ccccc1COc1ccc(C=C2C(=O)NC(=S)N(c3ccc(F)cc3)C2=O)cc1I. The van der Waals surface area contributed by atoms with E-state index in [-0.39, 0.29) is 17.3 Å². The van der Waals surface area contributed by atoms with E-state index < -0.39 is 17.6 Å². The number of amides is 2. The number of ether oxygens (including phenoxy) is 1. The fourth-order valence-corrected chi connectivity index (χ4v) is 4.26. The summed E-state index contributed by atoms with van der Waals surface area (Å²) in [6, 6.07) is 19.8. The number of hydrogen-bond acceptors (Lipinski definition) is 5. The van der Waals surface area contributed by atoms with Gasteiger partial charge in [0.15, 0.2) is 5.11 Å². The van der Waals surface area contributed by atoms with E-state index in [0.717, 1.165) is 14.0 Å². The minimum absolute atomic E-state index is 0.0743. The van der Waals surface area contributed by atoms with Gasteiger partial charge in [-0.2, -0.15) is 5.26 Å². The van der Waals surface area contributed by atoms with Crippen LogP contribution in [-0.4, -0.2) is 16.9 Å². The van der Waals surface area contributed by atoms with Crippen molar-refractivity contribution >= 4 is 63.5 Å². The average molecular weight is 583 g/mol. The fraction of sp³-hybridized carbons (Fsp3) is 0.0400. The third-order valence-corrected chi connectivity index (χ3v) is 6.10. The second-order valence-electron chi connectivity index (χ2n) is 7.18. The van der Waals surface area contributed by atoms with Crippen LogP contribution >= 0.6 is 34.8 Å². The number of thiocarbonyl (C=S) groups is 1. The molecule has 34 heavy (non-hydrogen) atoms. The first-order chi connectivity index (χ1) is 16.4. The lowest BCUT2D eigenvalue weighted by Crippen LogP contribution is -2.54. The second-order valence-corrected chi connectivity index (χ2v) is 8.73. The number of nitrogens with zero attached hydrogens (tertiary/aromatic N) is 2. The van der Waals surface area contributed by atoms with Crippen LogP contribution in [0, 0.1) is 20.7 Å². The van der Waals surface area contributed by atoms with Gasteiger partial charge in [0, 0.05) is 5.56 Å². The Labute approximate surface area is 213 Å². The van der Waals surface area contributed by atoms with Crippen molar-refractivity contribution in [2.24, 2.45) is 0 Å². The molecule has 3 aromatic carbocycles. The van der Waals surface area contributed by atoms with Crippen molar-refractivity contribution in [1.29, 1.82) is 5.26 Å². The van der Waals surface area contributed by atoms with Gasteiger partial charge in [0.25, 0.3) is 11.8 Å². The molecule has 6 nitrogen and oxygen atoms in total. The summed E-state index contributed by atoms with van der Waals surface area (Å²) >= 11 is 7.25. The van der Waals surface area contributed by atoms with Gasteiger partial charge < -0.3 is 4.74 Å². The number of hydrogen-bond donors (Lipinski definition) is 1. The van der Waals surface area contributed by atoms with Crippen LogP contribution in [0.3, 0.4) is 0 Å². The highest BCUT2D eigenvalue weighted by Gasteiger charge is 2.34. The zero-order valence-electron chi connectivity index (χ0n) is 17.4. The van der Waals surface area contributed by atoms with E-state index >= 15 is 0 Å². The third-order valence-electron chi connectivity index (χ3n) is 4.97. The highest BCUT2D eigenvalue weighted by molar-refractivity contribution is 14.1. The molecule has 4 rings (SSSR count). The first-order valence-electron chi connectivity index (χ1n) is 9.95. The summed E-state index contributed by atoms with van der Waals surface area (Å²) in [5.74, 6) is -1.07. The molecule has 0 saturated carbocycles. The molecule has 1 aliphatic heterocycles. The Kier molecular flexibility index (Phi) is 7.00. The normalized spacial score (nSPS) is 14.7. The first-order valence-corrected chi connectivity index (χ1v) is 11.4. The van der Waals surface area contributed by atoms with E-state index in [1.165, 1.54) is 30.3 Å². The van der Waals surface area contributed by atoms with E-state index in [0.29, 0.717) is 22.6 Å². The maximum absolute atomic E-state index is 13.3. The van der Waals surface area contributed by atoms with Crippen LogP contribution in [0.1, 0.15) is 16.7 Å². The van der Waals surface area contributed by atoms with Crippen molar-refractivity contribution in [1.82, 2.24) is 5.32 Å². The molecule has 3 aromatic rings. The number of benzene rings is 3. The Morgan fingerprint density at radius 1 is 1.12 bits per heavy atom. The van der Waals surface area contributed by atoms with Crippen LogP contribution in [0.15, 0.2) is 72.3 Å². The molecule has 2 amide bonds. The molecule has 0 spiro atoms. The molecular formula is C25H15FIN3O3S. The molecule has 168 valence electrons. The maximum atomic E-state index is 13.3. The summed E-state index contributed by atoms with van der Waals surface area (Å²) in [6.07, 6.45) is 1.47. The summed E-state index contributed by atoms with van der Waals surface area (Å²) in [4.78, 5) is 26.7. The summed E-state index contributed by atoms with van der Waals surface area (Å²) in [7, 11) is 0. The third kappa shape index (κ3) is 4.98. The predicted molar refractivity (Wildman–Crippen MR) is 137 cm³/mol. The second kappa shape index (κ2) is 10.1. The predicted octanol–water partition coefficient (Wildman–Crippen LogP) is 4.71. The topological polar surface area (TPSA) is 82.4 Å². The van der Waals surface area contributed by atoms with E-state index in [9.17, 15) is 19.2 Å². The van der Waals surface area contributed by atoms with Gasteiger partial charge >= 0.3 is 0 Å². The number of nitriles is 1. The van der Waals surface area contributed by atoms with Crippen molar-refractivity contribution in [3.8, 4) is 11.8 Å². The maximum Gasteiger partial charge on any atom is 0.270 e. The highest BCUT2D eigenvalue weighted by Crippen LogP contribution is 2.26. The van der Waals surface area contributed by atoms with Gasteiger partial charge in [-0.1, -0.05) is 24.3 Å². The fourth-order valence-electron chi connectivity index (χ4n) is 3.28. The Morgan fingerprint density at radius 3 is 2.56 bits per heavy atom. The summed E-state index contributed by atoms with van der Waals surface area (Å²) in [6.45, 7) is 0.227. The first kappa shape index (κ1) is 23.5. The Morgan fingerprint density at radius 2 is 1.85 bits per heavy atom. The Hall–Kier alpha value is -3.62. The molecule has 1 fully saturated rings. The molecular weight excluding hydrogens is 568 g/mol. The summed E-state index contributed by atoms with van der Waals surface area (Å²) in [5, 5.41) is 11.7. The van der Waals surface area contributed by atoms with Crippen molar-refractivity contribution in [3.05, 3.63) is 98.4 Å². The lowest BCUT2D eigenvalue weighted by atomic mass is 10.1. The molecule has 0 atom stereocenters. The molecule has 0 unspecified atom stereocenters. The van der Waals surface area contributed by atoms with Crippen LogP contribution in [-0.2, 0) is 16.2 Å². The number of rotatable bonds is 5. The standard InChI is InChI=1S/C25H15FIN3O3S/c26-18-6-8-19(9-7-18)30-24(32)20(23(31)29-25(30)34)11-15-5-10-22(21(27)12-15)33-14-17-4-2-1-3-16(17)13-28/h1-12H,14H2,(H,29,31,34). The van der Waals surface area contributed by atoms with Gasteiger partial charge in [0.1, 0.15) is 23.7 Å². The largest absolute Gasteiger partial charge is 0.488 e. The molecule has 0 aliphatic carbocycles. The van der Waals surface area contributed by atoms with Crippen LogP contribution in [0.2, 0.25) is 0 Å². The lowest BCUT2D eigenvalue weighted by Gasteiger charge is -2.28. The van der Waals surface area contributed by atoms with Crippen molar-refractivity contribution in [3.63, 3.8) is 0 Å². The van der Waals surface area contributed by atoms with Crippen LogP contribution in [0.25, 0.3) is 6.08 Å². The van der Waals surface area contributed by atoms with Gasteiger partial charge in [0.05, 0.1) is 20.9 Å². The lowest BCUT2D eigenvalue weighted by molar-refractivity contribution is -0.122. The number of nitrogens with one attached hydrogen (secondary N) is 1. The van der Waals surface area contributed by atoms with Crippen molar-refractivity contribution < 1.29 is 18.7 Å². The van der Waals surface area contributed by atoms with Crippen LogP contribution < -0.4 is 15.0 Å². The van der Waals surface area contributed by atoms with E-state index in [1.807, 2.05) is 12.1 Å². The number of anilines is 1. The zero-order valence-corrected chi connectivity index (χ0v) is 20.4. The monoisotopic (exact) mass is 583 g/mol. The zero-order chi connectivity index (χ0) is 24.2. The molecule has 1 N–H and O–H groups in total. The van der Waals surface area contributed by atoms with E-state index in [2.05, 4.69) is 34.0 Å². The number of carbonyl (C=O) groups is 2. The van der Waals surface area contributed by atoms with Crippen LogP contribution in [0.4, 0.5) is 10.1 Å². The summed E-state index contributed by atoms with van der Waals surface area (Å²) < 4.78 is 19.9. The number of halogens is 2. The van der Waals surface area contributed by atoms with Crippen LogP contribution in [0.5, 0.6) is 5.75 Å². The number of carbonyl (C=O) groups excluding carboxylic acids is 2. The molecule has 9 heteroatoms. The van der Waals surface area contributed by atoms with Gasteiger partial charge in [-0.3, -0.25) is 19.8 Å². The van der Waals surface area contributed by atoms with E-state index in [4.69, 9.17) is 17.0 Å². The van der Waals surface area contributed by atoms with Gasteiger partial charge in [-0.05, 0) is 88.9 Å². The van der Waals surface area contributed by atoms with Gasteiger partial charge in [0.2, 0.25) is 0 Å². The minimum Gasteiger partial charge on any atom is -0.488 e. The van der Waals surface area contributed by atoms with E-state index in [1.54, 1.807) is 30.3 Å². The van der Waals surface area contributed by atoms with Crippen molar-refractivity contribution in [2.75, 3.05) is 4.90 Å². The molecule has 0 aromatic heterocycles. The molecule has 0 bridgehead atoms. The van der Waals surface area contributed by atoms with Gasteiger partial charge in [-0.25, -0.2) is 4.39 Å².